The van der Waals surface area contributed by atoms with Crippen molar-refractivity contribution in [3.8, 4) is 0 Å². The second-order valence-electron chi connectivity index (χ2n) is 18.6. The molecule has 6 heterocycles. The summed E-state index contributed by atoms with van der Waals surface area (Å²) in [7, 11) is -8.43. The highest BCUT2D eigenvalue weighted by molar-refractivity contribution is 6.86. The van der Waals surface area contributed by atoms with Crippen molar-refractivity contribution in [2.24, 2.45) is 23.7 Å². The van der Waals surface area contributed by atoms with Gasteiger partial charge in [0.15, 0.2) is 33.3 Å². The number of ether oxygens (including phenoxy) is 7. The van der Waals surface area contributed by atoms with E-state index in [9.17, 15) is 19.2 Å². The number of rotatable bonds is 20. The summed E-state index contributed by atoms with van der Waals surface area (Å²) in [5.41, 5.74) is 0.351. The van der Waals surface area contributed by atoms with Crippen LogP contribution < -0.4 is 0 Å². The third kappa shape index (κ3) is 8.89. The van der Waals surface area contributed by atoms with Gasteiger partial charge in [-0.2, -0.15) is 0 Å². The summed E-state index contributed by atoms with van der Waals surface area (Å²) < 4.78 is 54.1. The molecule has 0 saturated carbocycles. The summed E-state index contributed by atoms with van der Waals surface area (Å²) in [6.07, 6.45) is 2.27. The van der Waals surface area contributed by atoms with Crippen molar-refractivity contribution in [3.05, 3.63) is 0 Å². The molecule has 0 aromatic rings. The molecular formula is C36H62O13Si4. The predicted molar refractivity (Wildman–Crippen MR) is 203 cm³/mol. The van der Waals surface area contributed by atoms with Crippen molar-refractivity contribution in [2.75, 3.05) is 26.4 Å². The summed E-state index contributed by atoms with van der Waals surface area (Å²) in [5, 5.41) is 0. The zero-order valence-corrected chi connectivity index (χ0v) is 37.3. The molecule has 4 bridgehead atoms. The van der Waals surface area contributed by atoms with Gasteiger partial charge in [0.2, 0.25) is 0 Å². The van der Waals surface area contributed by atoms with E-state index in [0.717, 1.165) is 37.8 Å². The highest BCUT2D eigenvalue weighted by Crippen LogP contribution is 2.57. The SMILES string of the molecule is CC(COCCC[Si](C)(C)O[Si](C)(C)C1CC2OC1C1C(=O)OC(=O)C21)OCC(C)OCCC[Si](C)(C)O[Si](C)(C)C1CC2OC1C1C(=O)OC(=O)C21. The summed E-state index contributed by atoms with van der Waals surface area (Å²) in [6, 6.07) is 1.94. The van der Waals surface area contributed by atoms with Crippen molar-refractivity contribution >= 4 is 57.1 Å². The minimum absolute atomic E-state index is 0.0374. The van der Waals surface area contributed by atoms with E-state index >= 15 is 0 Å². The Bertz CT molecular complexity index is 1410. The minimum Gasteiger partial charge on any atom is -0.455 e. The first-order valence-electron chi connectivity index (χ1n) is 19.7. The molecule has 0 N–H and O–H groups in total. The van der Waals surface area contributed by atoms with Gasteiger partial charge in [-0.25, -0.2) is 0 Å². The monoisotopic (exact) mass is 814 g/mol. The van der Waals surface area contributed by atoms with Crippen LogP contribution in [-0.4, -0.2) is 120 Å². The van der Waals surface area contributed by atoms with E-state index in [4.69, 9.17) is 41.4 Å². The van der Waals surface area contributed by atoms with E-state index in [1.54, 1.807) is 0 Å². The highest BCUT2D eigenvalue weighted by Gasteiger charge is 2.68. The lowest BCUT2D eigenvalue weighted by atomic mass is 9.81. The Morgan fingerprint density at radius 3 is 1.47 bits per heavy atom. The van der Waals surface area contributed by atoms with Gasteiger partial charge in [-0.1, -0.05) is 0 Å². The van der Waals surface area contributed by atoms with Gasteiger partial charge in [-0.15, -0.1) is 0 Å². The van der Waals surface area contributed by atoms with Gasteiger partial charge in [0.25, 0.3) is 0 Å². The normalized spacial score (nSPS) is 34.8. The molecule has 6 rings (SSSR count). The Morgan fingerprint density at radius 2 is 1.00 bits per heavy atom. The van der Waals surface area contributed by atoms with Crippen LogP contribution in [0, 0.1) is 23.7 Å². The third-order valence-corrected chi connectivity index (χ3v) is 28.9. The van der Waals surface area contributed by atoms with Crippen molar-refractivity contribution in [1.82, 2.24) is 0 Å². The maximum atomic E-state index is 12.4. The van der Waals surface area contributed by atoms with E-state index in [0.29, 0.717) is 26.4 Å². The van der Waals surface area contributed by atoms with E-state index in [2.05, 4.69) is 52.4 Å². The molecule has 53 heavy (non-hydrogen) atoms. The molecule has 6 aliphatic heterocycles. The summed E-state index contributed by atoms with van der Waals surface area (Å²) in [4.78, 5) is 49.0. The lowest BCUT2D eigenvalue weighted by Crippen LogP contribution is -2.52. The third-order valence-electron chi connectivity index (χ3n) is 12.4. The van der Waals surface area contributed by atoms with Crippen LogP contribution in [0.5, 0.6) is 0 Å². The van der Waals surface area contributed by atoms with Crippen molar-refractivity contribution in [2.45, 2.75) is 152 Å². The topological polar surface area (TPSA) is 151 Å². The maximum Gasteiger partial charge on any atom is 0.320 e. The Morgan fingerprint density at radius 1 is 0.585 bits per heavy atom. The molecule has 0 spiro atoms. The molecule has 0 aliphatic carbocycles. The van der Waals surface area contributed by atoms with E-state index < -0.39 is 80.8 Å². The first-order chi connectivity index (χ1) is 24.7. The number of cyclic esters (lactones) is 4. The fraction of sp³-hybridized carbons (Fsp3) is 0.889. The van der Waals surface area contributed by atoms with Gasteiger partial charge >= 0.3 is 23.9 Å². The molecular weight excluding hydrogens is 753 g/mol. The molecule has 13 nitrogen and oxygen atoms in total. The molecule has 0 aromatic carbocycles. The van der Waals surface area contributed by atoms with Crippen molar-refractivity contribution in [3.63, 3.8) is 0 Å². The summed E-state index contributed by atoms with van der Waals surface area (Å²) >= 11 is 0. The van der Waals surface area contributed by atoms with Crippen LogP contribution in [0.3, 0.4) is 0 Å². The number of hydrogen-bond donors (Lipinski definition) is 0. The predicted octanol–water partition coefficient (Wildman–Crippen LogP) is 5.16. The number of carbonyl (C=O) groups excluding carboxylic acids is 4. The van der Waals surface area contributed by atoms with Crippen LogP contribution >= 0.6 is 0 Å². The molecule has 17 heteroatoms. The van der Waals surface area contributed by atoms with Crippen LogP contribution in [0.2, 0.25) is 75.5 Å². The minimum atomic E-state index is -2.21. The summed E-state index contributed by atoms with van der Waals surface area (Å²) in [6.45, 7) is 24.2. The average molecular weight is 815 g/mol. The van der Waals surface area contributed by atoms with Crippen LogP contribution in [0.25, 0.3) is 0 Å². The average Bonchev–Trinajstić information content (AvgIpc) is 3.88. The van der Waals surface area contributed by atoms with Crippen LogP contribution in [0.1, 0.15) is 39.5 Å². The first kappa shape index (κ1) is 41.5. The quantitative estimate of drug-likeness (QED) is 0.0690. The molecule has 300 valence electrons. The lowest BCUT2D eigenvalue weighted by molar-refractivity contribution is -0.158. The number of hydrogen-bond acceptors (Lipinski definition) is 13. The number of esters is 4. The first-order valence-corrected chi connectivity index (χ1v) is 31.9. The molecule has 6 saturated heterocycles. The Kier molecular flexibility index (Phi) is 12.3. The Hall–Kier alpha value is -1.13. The Balaban J connectivity index is 0.813. The molecule has 6 fully saturated rings. The number of fused-ring (bicyclic) bond motifs is 10. The molecule has 0 aromatic heterocycles. The maximum absolute atomic E-state index is 12.4. The van der Waals surface area contributed by atoms with Crippen LogP contribution in [0.15, 0.2) is 0 Å². The van der Waals surface area contributed by atoms with Crippen molar-refractivity contribution < 1.29 is 60.6 Å². The number of carbonyl (C=O) groups is 4. The largest absolute Gasteiger partial charge is 0.455 e. The van der Waals surface area contributed by atoms with E-state index in [1.165, 1.54) is 0 Å². The van der Waals surface area contributed by atoms with E-state index in [1.807, 2.05) is 13.8 Å². The highest BCUT2D eigenvalue weighted by atomic mass is 28.4. The molecule has 6 aliphatic rings. The standard InChI is InChI=1S/C36H62O13Si4/c1-21(19-41-13-11-15-50(3,4)48-52(7,8)25-17-23-27-29(31(25)44-23)35(39)46-33(27)37)43-20-22(2)42-14-12-16-51(5,6)49-53(9,10)26-18-24-28-30(32(26)45-24)36(40)47-34(28)38/h21-32H,11-20H2,1-10H3. The Labute approximate surface area is 318 Å². The molecule has 12 unspecified atom stereocenters. The fourth-order valence-electron chi connectivity index (χ4n) is 10.2. The van der Waals surface area contributed by atoms with Gasteiger partial charge in [-0.05, 0) is 104 Å². The second kappa shape index (κ2) is 15.7. The van der Waals surface area contributed by atoms with E-state index in [-0.39, 0.29) is 47.7 Å². The zero-order valence-electron chi connectivity index (χ0n) is 33.3. The second-order valence-corrected chi connectivity index (χ2v) is 36.2. The van der Waals surface area contributed by atoms with Gasteiger partial charge in [0, 0.05) is 24.3 Å². The van der Waals surface area contributed by atoms with Crippen LogP contribution in [-0.2, 0) is 60.6 Å². The molecule has 12 atom stereocenters. The van der Waals surface area contributed by atoms with Gasteiger partial charge < -0.3 is 41.4 Å². The van der Waals surface area contributed by atoms with Gasteiger partial charge in [-0.3, -0.25) is 19.2 Å². The lowest BCUT2D eigenvalue weighted by Gasteiger charge is -2.41. The smallest absolute Gasteiger partial charge is 0.320 e. The molecule has 0 radical (unpaired) electrons. The van der Waals surface area contributed by atoms with Crippen molar-refractivity contribution in [1.29, 1.82) is 0 Å². The fourth-order valence-corrected chi connectivity index (χ4v) is 29.3. The molecule has 0 amide bonds. The van der Waals surface area contributed by atoms with Crippen LogP contribution in [0.4, 0.5) is 0 Å². The van der Waals surface area contributed by atoms with Gasteiger partial charge in [0.05, 0.1) is 73.5 Å². The summed E-state index contributed by atoms with van der Waals surface area (Å²) in [5.74, 6) is -3.49. The zero-order chi connectivity index (χ0) is 38.7. The van der Waals surface area contributed by atoms with Gasteiger partial charge in [0.1, 0.15) is 0 Å².